The maximum Gasteiger partial charge on any atom is 0.152 e. The van der Waals surface area contributed by atoms with Gasteiger partial charge in [-0.1, -0.05) is 25.1 Å². The van der Waals surface area contributed by atoms with E-state index in [0.29, 0.717) is 5.76 Å². The summed E-state index contributed by atoms with van der Waals surface area (Å²) in [6.45, 7) is 1.61. The van der Waals surface area contributed by atoms with E-state index in [1.54, 1.807) is 13.0 Å². The number of hydrogen-bond donors (Lipinski definition) is 1. The van der Waals surface area contributed by atoms with Gasteiger partial charge in [-0.05, 0) is 12.1 Å². The van der Waals surface area contributed by atoms with Crippen LogP contribution in [0.1, 0.15) is 18.7 Å². The van der Waals surface area contributed by atoms with Crippen LogP contribution in [-0.2, 0) is 9.84 Å². The van der Waals surface area contributed by atoms with Crippen LogP contribution in [0.2, 0.25) is 0 Å². The van der Waals surface area contributed by atoms with Gasteiger partial charge in [0.1, 0.15) is 11.3 Å². The standard InChI is InChI=1S/C12H15NO3S/c1-2-17(14,15)8-10(13)12-7-9-5-3-4-6-11(9)16-12/h3-7,10H,2,8,13H2,1H3. The average molecular weight is 253 g/mol. The maximum absolute atomic E-state index is 11.5. The molecule has 1 aromatic carbocycles. The minimum Gasteiger partial charge on any atom is -0.459 e. The summed E-state index contributed by atoms with van der Waals surface area (Å²) in [4.78, 5) is 0. The molecule has 0 aliphatic carbocycles. The first-order valence-corrected chi connectivity index (χ1v) is 7.28. The molecule has 2 rings (SSSR count). The van der Waals surface area contributed by atoms with Crippen LogP contribution >= 0.6 is 0 Å². The molecule has 0 saturated heterocycles. The Bertz CT molecular complexity index is 582. The highest BCUT2D eigenvalue weighted by Crippen LogP contribution is 2.23. The highest BCUT2D eigenvalue weighted by atomic mass is 32.2. The molecule has 0 aliphatic rings. The highest BCUT2D eigenvalue weighted by Gasteiger charge is 2.18. The Labute approximate surface area is 100 Å². The van der Waals surface area contributed by atoms with E-state index in [2.05, 4.69) is 0 Å². The molecule has 1 aromatic heterocycles. The van der Waals surface area contributed by atoms with Crippen LogP contribution in [0.3, 0.4) is 0 Å². The van der Waals surface area contributed by atoms with Gasteiger partial charge < -0.3 is 10.2 Å². The van der Waals surface area contributed by atoms with Gasteiger partial charge in [0.15, 0.2) is 9.84 Å². The fourth-order valence-corrected chi connectivity index (χ4v) is 2.61. The van der Waals surface area contributed by atoms with E-state index in [1.807, 2.05) is 24.3 Å². The topological polar surface area (TPSA) is 73.3 Å². The number of hydrogen-bond acceptors (Lipinski definition) is 4. The SMILES string of the molecule is CCS(=O)(=O)CC(N)c1cc2ccccc2o1. The maximum atomic E-state index is 11.5. The van der Waals surface area contributed by atoms with Crippen LogP contribution in [0.15, 0.2) is 34.7 Å². The molecule has 2 aromatic rings. The predicted octanol–water partition coefficient (Wildman–Crippen LogP) is 1.87. The van der Waals surface area contributed by atoms with E-state index in [9.17, 15) is 8.42 Å². The Morgan fingerprint density at radius 1 is 1.35 bits per heavy atom. The van der Waals surface area contributed by atoms with Crippen LogP contribution in [0, 0.1) is 0 Å². The molecular formula is C12H15NO3S. The summed E-state index contributed by atoms with van der Waals surface area (Å²) in [5.74, 6) is 0.535. The molecule has 5 heteroatoms. The minimum absolute atomic E-state index is 0.0800. The number of rotatable bonds is 4. The molecule has 0 saturated carbocycles. The Morgan fingerprint density at radius 3 is 2.71 bits per heavy atom. The molecular weight excluding hydrogens is 238 g/mol. The number of nitrogens with two attached hydrogens (primary N) is 1. The van der Waals surface area contributed by atoms with Crippen LogP contribution < -0.4 is 5.73 Å². The zero-order valence-electron chi connectivity index (χ0n) is 9.59. The third-order valence-electron chi connectivity index (χ3n) is 2.68. The van der Waals surface area contributed by atoms with Crippen molar-refractivity contribution in [1.29, 1.82) is 0 Å². The first kappa shape index (κ1) is 12.1. The van der Waals surface area contributed by atoms with Crippen molar-refractivity contribution in [1.82, 2.24) is 0 Å². The van der Waals surface area contributed by atoms with Gasteiger partial charge >= 0.3 is 0 Å². The molecule has 1 unspecified atom stereocenters. The van der Waals surface area contributed by atoms with Gasteiger partial charge in [0.05, 0.1) is 11.8 Å². The average Bonchev–Trinajstić information content (AvgIpc) is 2.72. The summed E-state index contributed by atoms with van der Waals surface area (Å²) in [5, 5.41) is 0.937. The first-order chi connectivity index (χ1) is 8.02. The summed E-state index contributed by atoms with van der Waals surface area (Å²) in [5.41, 5.74) is 6.58. The summed E-state index contributed by atoms with van der Waals surface area (Å²) >= 11 is 0. The van der Waals surface area contributed by atoms with Crippen LogP contribution in [0.25, 0.3) is 11.0 Å². The van der Waals surface area contributed by atoms with Gasteiger partial charge in [-0.25, -0.2) is 8.42 Å². The number of furan rings is 1. The molecule has 1 heterocycles. The van der Waals surface area contributed by atoms with Crippen LogP contribution in [0.5, 0.6) is 0 Å². The van der Waals surface area contributed by atoms with Gasteiger partial charge in [-0.15, -0.1) is 0 Å². The highest BCUT2D eigenvalue weighted by molar-refractivity contribution is 7.91. The van der Waals surface area contributed by atoms with Crippen molar-refractivity contribution in [2.75, 3.05) is 11.5 Å². The van der Waals surface area contributed by atoms with Gasteiger partial charge in [0.2, 0.25) is 0 Å². The summed E-state index contributed by atoms with van der Waals surface area (Å²) in [6.07, 6.45) is 0. The molecule has 2 N–H and O–H groups in total. The van der Waals surface area contributed by atoms with E-state index in [0.717, 1.165) is 11.0 Å². The van der Waals surface area contributed by atoms with E-state index >= 15 is 0 Å². The van der Waals surface area contributed by atoms with Crippen molar-refractivity contribution >= 4 is 20.8 Å². The first-order valence-electron chi connectivity index (χ1n) is 5.46. The number of sulfone groups is 1. The lowest BCUT2D eigenvalue weighted by molar-refractivity contribution is 0.508. The molecule has 0 amide bonds. The van der Waals surface area contributed by atoms with E-state index in [4.69, 9.17) is 10.2 Å². The molecule has 1 atom stereocenters. The van der Waals surface area contributed by atoms with Crippen molar-refractivity contribution in [3.63, 3.8) is 0 Å². The lowest BCUT2D eigenvalue weighted by atomic mass is 10.2. The summed E-state index contributed by atoms with van der Waals surface area (Å²) in [6, 6.07) is 8.70. The molecule has 0 radical (unpaired) electrons. The Hall–Kier alpha value is -1.33. The second-order valence-electron chi connectivity index (χ2n) is 3.99. The quantitative estimate of drug-likeness (QED) is 0.902. The van der Waals surface area contributed by atoms with E-state index in [-0.39, 0.29) is 11.5 Å². The molecule has 0 fully saturated rings. The minimum atomic E-state index is -3.09. The third-order valence-corrected chi connectivity index (χ3v) is 4.43. The van der Waals surface area contributed by atoms with Gasteiger partial charge in [-0.2, -0.15) is 0 Å². The number of benzene rings is 1. The molecule has 0 aliphatic heterocycles. The monoisotopic (exact) mass is 253 g/mol. The Morgan fingerprint density at radius 2 is 2.06 bits per heavy atom. The number of para-hydroxylation sites is 1. The zero-order valence-corrected chi connectivity index (χ0v) is 10.4. The molecule has 0 spiro atoms. The van der Waals surface area contributed by atoms with Crippen molar-refractivity contribution in [3.8, 4) is 0 Å². The number of fused-ring (bicyclic) bond motifs is 1. The van der Waals surface area contributed by atoms with Gasteiger partial charge in [0.25, 0.3) is 0 Å². The lowest BCUT2D eigenvalue weighted by Crippen LogP contribution is -2.22. The summed E-state index contributed by atoms with van der Waals surface area (Å²) in [7, 11) is -3.09. The zero-order chi connectivity index (χ0) is 12.5. The molecule has 0 bridgehead atoms. The van der Waals surface area contributed by atoms with Crippen LogP contribution in [-0.4, -0.2) is 19.9 Å². The third kappa shape index (κ3) is 2.68. The second-order valence-corrected chi connectivity index (χ2v) is 6.39. The fraction of sp³-hybridized carbons (Fsp3) is 0.333. The smallest absolute Gasteiger partial charge is 0.152 e. The van der Waals surface area contributed by atoms with Crippen molar-refractivity contribution in [2.24, 2.45) is 5.73 Å². The van der Waals surface area contributed by atoms with E-state index < -0.39 is 15.9 Å². The Kier molecular flexibility index (Phi) is 3.22. The Balaban J connectivity index is 2.28. The molecule has 92 valence electrons. The van der Waals surface area contributed by atoms with Crippen LogP contribution in [0.4, 0.5) is 0 Å². The lowest BCUT2D eigenvalue weighted by Gasteiger charge is -2.07. The normalized spacial score (nSPS) is 14.0. The largest absolute Gasteiger partial charge is 0.459 e. The second kappa shape index (κ2) is 4.50. The van der Waals surface area contributed by atoms with Gasteiger partial charge in [0, 0.05) is 11.1 Å². The summed E-state index contributed by atoms with van der Waals surface area (Å²) < 4.78 is 28.5. The van der Waals surface area contributed by atoms with Gasteiger partial charge in [-0.3, -0.25) is 0 Å². The predicted molar refractivity (Wildman–Crippen MR) is 67.5 cm³/mol. The van der Waals surface area contributed by atoms with Crippen molar-refractivity contribution in [3.05, 3.63) is 36.1 Å². The van der Waals surface area contributed by atoms with Crippen molar-refractivity contribution < 1.29 is 12.8 Å². The van der Waals surface area contributed by atoms with Crippen molar-refractivity contribution in [2.45, 2.75) is 13.0 Å². The molecule has 4 nitrogen and oxygen atoms in total. The van der Waals surface area contributed by atoms with E-state index in [1.165, 1.54) is 0 Å². The fourth-order valence-electron chi connectivity index (χ4n) is 1.66. The molecule has 17 heavy (non-hydrogen) atoms.